The summed E-state index contributed by atoms with van der Waals surface area (Å²) in [6.07, 6.45) is 0. The summed E-state index contributed by atoms with van der Waals surface area (Å²) in [4.78, 5) is 34.3. The zero-order chi connectivity index (χ0) is 20.7. The largest absolute Gasteiger partial charge is 0.298 e. The molecule has 3 aromatic carbocycles. The predicted molar refractivity (Wildman–Crippen MR) is 122 cm³/mol. The summed E-state index contributed by atoms with van der Waals surface area (Å²) in [5, 5.41) is 4.39. The van der Waals surface area contributed by atoms with Crippen molar-refractivity contribution in [2.75, 3.05) is 5.32 Å². The van der Waals surface area contributed by atoms with Crippen LogP contribution in [0.3, 0.4) is 0 Å². The third-order valence-electron chi connectivity index (χ3n) is 4.69. The van der Waals surface area contributed by atoms with Crippen molar-refractivity contribution in [1.29, 1.82) is 0 Å². The maximum atomic E-state index is 12.7. The third-order valence-corrected chi connectivity index (χ3v) is 6.62. The lowest BCUT2D eigenvalue weighted by atomic mass is 10.0. The van der Waals surface area contributed by atoms with E-state index in [-0.39, 0.29) is 11.7 Å². The fourth-order valence-corrected chi connectivity index (χ4v) is 5.09. The maximum Gasteiger partial charge on any atom is 0.257 e. The van der Waals surface area contributed by atoms with Gasteiger partial charge in [0.2, 0.25) is 0 Å². The van der Waals surface area contributed by atoms with Crippen LogP contribution in [0.2, 0.25) is 0 Å². The van der Waals surface area contributed by atoms with Crippen molar-refractivity contribution in [2.45, 2.75) is 6.92 Å². The summed E-state index contributed by atoms with van der Waals surface area (Å²) < 4.78 is 2.08. The second-order valence-corrected chi connectivity index (χ2v) is 8.97. The summed E-state index contributed by atoms with van der Waals surface area (Å²) in [7, 11) is 0. The van der Waals surface area contributed by atoms with Crippen molar-refractivity contribution >= 4 is 59.9 Å². The van der Waals surface area contributed by atoms with Gasteiger partial charge in [0.05, 0.1) is 19.9 Å². The van der Waals surface area contributed by atoms with E-state index in [1.165, 1.54) is 11.3 Å². The van der Waals surface area contributed by atoms with Gasteiger partial charge in [-0.25, -0.2) is 9.97 Å². The molecule has 5 aromatic rings. The number of rotatable bonds is 4. The van der Waals surface area contributed by atoms with Crippen molar-refractivity contribution in [2.24, 2.45) is 0 Å². The van der Waals surface area contributed by atoms with Crippen LogP contribution in [0.25, 0.3) is 20.4 Å². The third kappa shape index (κ3) is 3.38. The van der Waals surface area contributed by atoms with Crippen LogP contribution in [0.1, 0.15) is 31.3 Å². The fraction of sp³-hybridized carbons (Fsp3) is 0.0435. The van der Waals surface area contributed by atoms with Crippen LogP contribution in [0.5, 0.6) is 0 Å². The maximum absolute atomic E-state index is 12.7. The molecule has 2 heterocycles. The van der Waals surface area contributed by atoms with Crippen LogP contribution in [0.4, 0.5) is 5.13 Å². The number of aromatic nitrogens is 2. The molecule has 0 radical (unpaired) electrons. The zero-order valence-electron chi connectivity index (χ0n) is 15.9. The Morgan fingerprint density at radius 3 is 2.27 bits per heavy atom. The highest BCUT2D eigenvalue weighted by atomic mass is 32.1. The number of carbonyl (C=O) groups is 2. The number of thiazole rings is 2. The summed E-state index contributed by atoms with van der Waals surface area (Å²) in [6, 6.07) is 19.7. The Hall–Kier alpha value is -3.42. The number of nitrogens with one attached hydrogen (secondary N) is 1. The topological polar surface area (TPSA) is 72.0 Å². The first-order valence-corrected chi connectivity index (χ1v) is 10.9. The molecule has 2 aromatic heterocycles. The van der Waals surface area contributed by atoms with Crippen molar-refractivity contribution in [3.63, 3.8) is 0 Å². The molecule has 0 bridgehead atoms. The highest BCUT2D eigenvalue weighted by Gasteiger charge is 2.15. The Kier molecular flexibility index (Phi) is 4.61. The lowest BCUT2D eigenvalue weighted by Crippen LogP contribution is -2.12. The van der Waals surface area contributed by atoms with E-state index < -0.39 is 0 Å². The van der Waals surface area contributed by atoms with Gasteiger partial charge in [-0.15, -0.1) is 11.3 Å². The Morgan fingerprint density at radius 2 is 1.50 bits per heavy atom. The average molecular weight is 430 g/mol. The molecule has 30 heavy (non-hydrogen) atoms. The Morgan fingerprint density at radius 1 is 0.800 bits per heavy atom. The molecule has 7 heteroatoms. The molecule has 0 aliphatic carbocycles. The minimum Gasteiger partial charge on any atom is -0.298 e. The molecular weight excluding hydrogens is 414 g/mol. The number of amides is 1. The Bertz CT molecular complexity index is 1400. The number of anilines is 1. The molecule has 5 nitrogen and oxygen atoms in total. The lowest BCUT2D eigenvalue weighted by molar-refractivity contribution is 0.102. The van der Waals surface area contributed by atoms with Crippen LogP contribution in [0.15, 0.2) is 66.7 Å². The summed E-state index contributed by atoms with van der Waals surface area (Å²) in [5.41, 5.74) is 3.37. The molecule has 0 fully saturated rings. The molecule has 0 spiro atoms. The second kappa shape index (κ2) is 7.44. The lowest BCUT2D eigenvalue weighted by Gasteiger charge is -2.04. The Balaban J connectivity index is 1.37. The minimum absolute atomic E-state index is 0.0729. The first-order chi connectivity index (χ1) is 14.6. The van der Waals surface area contributed by atoms with Crippen molar-refractivity contribution < 1.29 is 9.59 Å². The van der Waals surface area contributed by atoms with Gasteiger partial charge in [-0.05, 0) is 31.2 Å². The number of fused-ring (bicyclic) bond motifs is 3. The van der Waals surface area contributed by atoms with E-state index in [0.717, 1.165) is 25.4 Å². The fourth-order valence-electron chi connectivity index (χ4n) is 3.24. The molecule has 0 aliphatic heterocycles. The number of ketones is 1. The number of aryl methyl sites for hydroxylation is 1. The minimum atomic E-state index is -0.265. The van der Waals surface area contributed by atoms with Crippen LogP contribution in [-0.2, 0) is 0 Å². The Labute approximate surface area is 180 Å². The average Bonchev–Trinajstić information content (AvgIpc) is 3.36. The van der Waals surface area contributed by atoms with Gasteiger partial charge in [0, 0.05) is 16.7 Å². The van der Waals surface area contributed by atoms with E-state index in [4.69, 9.17) is 0 Å². The monoisotopic (exact) mass is 429 g/mol. The standard InChI is InChI=1S/C23H15N3O2S2/c1-13-24-19-18(29-13)12-11-17-21(19)30-23(25-17)26-22(28)16-9-7-15(8-10-16)20(27)14-5-3-2-4-6-14/h2-12H,1H3,(H,25,26,28). The van der Waals surface area contributed by atoms with Crippen LogP contribution in [-0.4, -0.2) is 21.7 Å². The number of hydrogen-bond donors (Lipinski definition) is 1. The molecule has 5 rings (SSSR count). The predicted octanol–water partition coefficient (Wildman–Crippen LogP) is 5.70. The zero-order valence-corrected chi connectivity index (χ0v) is 17.5. The number of benzene rings is 3. The molecule has 0 saturated carbocycles. The van der Waals surface area contributed by atoms with Gasteiger partial charge in [-0.3, -0.25) is 14.9 Å². The van der Waals surface area contributed by atoms with Crippen LogP contribution < -0.4 is 5.32 Å². The van der Waals surface area contributed by atoms with E-state index in [0.29, 0.717) is 21.8 Å². The van der Waals surface area contributed by atoms with Gasteiger partial charge in [0.1, 0.15) is 5.52 Å². The highest BCUT2D eigenvalue weighted by Crippen LogP contribution is 2.34. The molecule has 1 N–H and O–H groups in total. The van der Waals surface area contributed by atoms with E-state index in [1.807, 2.05) is 37.3 Å². The molecule has 0 saturated heterocycles. The van der Waals surface area contributed by atoms with Gasteiger partial charge >= 0.3 is 0 Å². The van der Waals surface area contributed by atoms with E-state index in [2.05, 4.69) is 15.3 Å². The molecule has 1 amide bonds. The van der Waals surface area contributed by atoms with Gasteiger partial charge < -0.3 is 0 Å². The normalized spacial score (nSPS) is 11.1. The smallest absolute Gasteiger partial charge is 0.257 e. The van der Waals surface area contributed by atoms with Gasteiger partial charge in [0.15, 0.2) is 10.9 Å². The quantitative estimate of drug-likeness (QED) is 0.372. The van der Waals surface area contributed by atoms with Gasteiger partial charge in [-0.1, -0.05) is 53.8 Å². The molecule has 0 atom stereocenters. The van der Waals surface area contributed by atoms with Gasteiger partial charge in [-0.2, -0.15) is 0 Å². The van der Waals surface area contributed by atoms with E-state index >= 15 is 0 Å². The number of hydrogen-bond acceptors (Lipinski definition) is 6. The van der Waals surface area contributed by atoms with Crippen molar-refractivity contribution in [3.05, 3.63) is 88.4 Å². The molecular formula is C23H15N3O2S2. The summed E-state index contributed by atoms with van der Waals surface area (Å²) in [6.45, 7) is 1.98. The molecule has 146 valence electrons. The first-order valence-electron chi connectivity index (χ1n) is 9.26. The van der Waals surface area contributed by atoms with Crippen LogP contribution >= 0.6 is 22.7 Å². The molecule has 0 aliphatic rings. The van der Waals surface area contributed by atoms with Crippen LogP contribution in [0, 0.1) is 6.92 Å². The summed E-state index contributed by atoms with van der Waals surface area (Å²) >= 11 is 3.06. The SMILES string of the molecule is Cc1nc2c(ccc3nc(NC(=O)c4ccc(C(=O)c5ccccc5)cc4)sc32)s1. The number of carbonyl (C=O) groups excluding carboxylic acids is 2. The van der Waals surface area contributed by atoms with Crippen molar-refractivity contribution in [1.82, 2.24) is 9.97 Å². The number of nitrogens with zero attached hydrogens (tertiary/aromatic N) is 2. The summed E-state index contributed by atoms with van der Waals surface area (Å²) in [5.74, 6) is -0.338. The van der Waals surface area contributed by atoms with Gasteiger partial charge in [0.25, 0.3) is 5.91 Å². The second-order valence-electron chi connectivity index (χ2n) is 6.74. The molecule has 0 unspecified atom stereocenters. The first kappa shape index (κ1) is 18.6. The van der Waals surface area contributed by atoms with E-state index in [9.17, 15) is 9.59 Å². The van der Waals surface area contributed by atoms with E-state index in [1.54, 1.807) is 47.7 Å². The van der Waals surface area contributed by atoms with Crippen molar-refractivity contribution in [3.8, 4) is 0 Å². The highest BCUT2D eigenvalue weighted by molar-refractivity contribution is 7.24.